The van der Waals surface area contributed by atoms with E-state index in [-0.39, 0.29) is 17.6 Å². The topological polar surface area (TPSA) is 55.1 Å². The van der Waals surface area contributed by atoms with Crippen molar-refractivity contribution in [1.82, 2.24) is 9.55 Å². The molecule has 2 aromatic rings. The molecule has 88 valence electrons. The molecule has 4 nitrogen and oxygen atoms in total. The minimum atomic E-state index is -1.03. The molecule has 0 spiro atoms. The van der Waals surface area contributed by atoms with Gasteiger partial charge in [-0.2, -0.15) is 0 Å². The van der Waals surface area contributed by atoms with E-state index in [9.17, 15) is 9.18 Å². The van der Waals surface area contributed by atoms with Crippen LogP contribution in [-0.4, -0.2) is 20.6 Å². The zero-order valence-corrected chi connectivity index (χ0v) is 9.17. The third kappa shape index (κ3) is 2.18. The van der Waals surface area contributed by atoms with Gasteiger partial charge in [-0.3, -0.25) is 0 Å². The summed E-state index contributed by atoms with van der Waals surface area (Å²) in [4.78, 5) is 14.8. The van der Waals surface area contributed by atoms with Crippen molar-refractivity contribution in [3.63, 3.8) is 0 Å². The predicted octanol–water partition coefficient (Wildman–Crippen LogP) is 2.33. The van der Waals surface area contributed by atoms with Gasteiger partial charge in [0.2, 0.25) is 0 Å². The summed E-state index contributed by atoms with van der Waals surface area (Å²) in [6.07, 6.45) is 2.75. The monoisotopic (exact) mass is 234 g/mol. The molecule has 1 atom stereocenters. The predicted molar refractivity (Wildman–Crippen MR) is 59.4 cm³/mol. The number of carboxylic acid groups (broad SMARTS) is 1. The molecule has 0 aliphatic carbocycles. The lowest BCUT2D eigenvalue weighted by Crippen LogP contribution is -2.12. The van der Waals surface area contributed by atoms with Crippen LogP contribution in [0.4, 0.5) is 4.39 Å². The van der Waals surface area contributed by atoms with E-state index in [4.69, 9.17) is 5.11 Å². The Kier molecular flexibility index (Phi) is 2.91. The van der Waals surface area contributed by atoms with Crippen molar-refractivity contribution in [3.05, 3.63) is 53.9 Å². The number of hydrogen-bond acceptors (Lipinski definition) is 2. The molecular formula is C12H11FN2O2. The first-order valence-electron chi connectivity index (χ1n) is 5.10. The molecule has 0 radical (unpaired) electrons. The molecule has 1 unspecified atom stereocenters. The molecule has 1 heterocycles. The SMILES string of the molecule is CC(c1ccc(F)cc1)n1cncc1C(=O)O. The molecule has 0 aliphatic rings. The van der Waals surface area contributed by atoms with Crippen LogP contribution >= 0.6 is 0 Å². The molecule has 0 fully saturated rings. The van der Waals surface area contributed by atoms with Crippen LogP contribution < -0.4 is 0 Å². The van der Waals surface area contributed by atoms with E-state index in [2.05, 4.69) is 4.98 Å². The van der Waals surface area contributed by atoms with E-state index in [1.165, 1.54) is 29.2 Å². The van der Waals surface area contributed by atoms with Gasteiger partial charge >= 0.3 is 5.97 Å². The van der Waals surface area contributed by atoms with Crippen LogP contribution in [0.15, 0.2) is 36.8 Å². The summed E-state index contributed by atoms with van der Waals surface area (Å²) >= 11 is 0. The highest BCUT2D eigenvalue weighted by atomic mass is 19.1. The van der Waals surface area contributed by atoms with E-state index in [1.54, 1.807) is 12.1 Å². The fourth-order valence-corrected chi connectivity index (χ4v) is 1.68. The van der Waals surface area contributed by atoms with Crippen molar-refractivity contribution in [2.75, 3.05) is 0 Å². The molecular weight excluding hydrogens is 223 g/mol. The van der Waals surface area contributed by atoms with Crippen LogP contribution in [0.1, 0.15) is 29.0 Å². The van der Waals surface area contributed by atoms with E-state index >= 15 is 0 Å². The van der Waals surface area contributed by atoms with Gasteiger partial charge in [0.25, 0.3) is 0 Å². The van der Waals surface area contributed by atoms with Gasteiger partial charge in [-0.15, -0.1) is 0 Å². The Balaban J connectivity index is 2.36. The lowest BCUT2D eigenvalue weighted by molar-refractivity contribution is 0.0684. The standard InChI is InChI=1S/C12H11FN2O2/c1-8(9-2-4-10(13)5-3-9)15-7-14-6-11(15)12(16)17/h2-8H,1H3,(H,16,17). The molecule has 0 amide bonds. The van der Waals surface area contributed by atoms with Crippen LogP contribution in [0.3, 0.4) is 0 Å². The second-order valence-corrected chi connectivity index (χ2v) is 3.72. The van der Waals surface area contributed by atoms with Gasteiger partial charge in [0.05, 0.1) is 18.6 Å². The average Bonchev–Trinajstić information content (AvgIpc) is 2.78. The van der Waals surface area contributed by atoms with E-state index in [0.29, 0.717) is 0 Å². The first-order valence-corrected chi connectivity index (χ1v) is 5.10. The Hall–Kier alpha value is -2.17. The average molecular weight is 234 g/mol. The number of aromatic nitrogens is 2. The molecule has 0 aliphatic heterocycles. The van der Waals surface area contributed by atoms with Gasteiger partial charge in [0.15, 0.2) is 0 Å². The minimum absolute atomic E-state index is 0.113. The largest absolute Gasteiger partial charge is 0.477 e. The summed E-state index contributed by atoms with van der Waals surface area (Å²) in [7, 11) is 0. The Morgan fingerprint density at radius 2 is 2.06 bits per heavy atom. The molecule has 1 N–H and O–H groups in total. The van der Waals surface area contributed by atoms with Crippen molar-refractivity contribution in [2.24, 2.45) is 0 Å². The van der Waals surface area contributed by atoms with E-state index in [0.717, 1.165) is 5.56 Å². The maximum absolute atomic E-state index is 12.8. The van der Waals surface area contributed by atoms with Gasteiger partial charge < -0.3 is 9.67 Å². The lowest BCUT2D eigenvalue weighted by atomic mass is 10.1. The second-order valence-electron chi connectivity index (χ2n) is 3.72. The summed E-state index contributed by atoms with van der Waals surface area (Å²) in [5, 5.41) is 8.97. The van der Waals surface area contributed by atoms with Gasteiger partial charge in [-0.25, -0.2) is 14.2 Å². The molecule has 17 heavy (non-hydrogen) atoms. The summed E-state index contributed by atoms with van der Waals surface area (Å²) in [6.45, 7) is 1.83. The van der Waals surface area contributed by atoms with Crippen molar-refractivity contribution in [3.8, 4) is 0 Å². The first kappa shape index (κ1) is 11.3. The minimum Gasteiger partial charge on any atom is -0.477 e. The zero-order valence-electron chi connectivity index (χ0n) is 9.17. The zero-order chi connectivity index (χ0) is 12.4. The molecule has 1 aromatic heterocycles. The van der Waals surface area contributed by atoms with E-state index in [1.807, 2.05) is 6.92 Å². The number of nitrogens with zero attached hydrogens (tertiary/aromatic N) is 2. The van der Waals surface area contributed by atoms with Gasteiger partial charge in [-0.1, -0.05) is 12.1 Å². The van der Waals surface area contributed by atoms with Crippen LogP contribution in [0.25, 0.3) is 0 Å². The number of aromatic carboxylic acids is 1. The Morgan fingerprint density at radius 3 is 2.65 bits per heavy atom. The third-order valence-electron chi connectivity index (χ3n) is 2.65. The molecule has 1 aromatic carbocycles. The summed E-state index contributed by atoms with van der Waals surface area (Å²) in [5.74, 6) is -1.35. The Morgan fingerprint density at radius 1 is 1.41 bits per heavy atom. The summed E-state index contributed by atoms with van der Waals surface area (Å²) in [5.41, 5.74) is 0.939. The number of carbonyl (C=O) groups is 1. The van der Waals surface area contributed by atoms with Crippen molar-refractivity contribution >= 4 is 5.97 Å². The number of rotatable bonds is 3. The maximum Gasteiger partial charge on any atom is 0.354 e. The fourth-order valence-electron chi connectivity index (χ4n) is 1.68. The molecule has 0 saturated carbocycles. The lowest BCUT2D eigenvalue weighted by Gasteiger charge is -2.15. The van der Waals surface area contributed by atoms with Gasteiger partial charge in [0.1, 0.15) is 11.5 Å². The number of hydrogen-bond donors (Lipinski definition) is 1. The van der Waals surface area contributed by atoms with Crippen LogP contribution in [0.2, 0.25) is 0 Å². The fraction of sp³-hybridized carbons (Fsp3) is 0.167. The molecule has 5 heteroatoms. The van der Waals surface area contributed by atoms with Crippen LogP contribution in [0.5, 0.6) is 0 Å². The third-order valence-corrected chi connectivity index (χ3v) is 2.65. The molecule has 0 saturated heterocycles. The quantitative estimate of drug-likeness (QED) is 0.886. The Bertz CT molecular complexity index is 534. The van der Waals surface area contributed by atoms with Crippen molar-refractivity contribution in [1.29, 1.82) is 0 Å². The smallest absolute Gasteiger partial charge is 0.354 e. The number of benzene rings is 1. The summed E-state index contributed by atoms with van der Waals surface area (Å²) < 4.78 is 14.3. The maximum atomic E-state index is 12.8. The highest BCUT2D eigenvalue weighted by Crippen LogP contribution is 2.19. The first-order chi connectivity index (χ1) is 8.09. The normalized spacial score (nSPS) is 12.4. The van der Waals surface area contributed by atoms with Crippen molar-refractivity contribution < 1.29 is 14.3 Å². The number of halogens is 1. The highest BCUT2D eigenvalue weighted by Gasteiger charge is 2.15. The Labute approximate surface area is 97.3 Å². The molecule has 2 rings (SSSR count). The van der Waals surface area contributed by atoms with Crippen LogP contribution in [-0.2, 0) is 0 Å². The van der Waals surface area contributed by atoms with Crippen LogP contribution in [0, 0.1) is 5.82 Å². The number of carboxylic acids is 1. The van der Waals surface area contributed by atoms with Crippen molar-refractivity contribution in [2.45, 2.75) is 13.0 Å². The summed E-state index contributed by atoms with van der Waals surface area (Å²) in [6, 6.07) is 5.76. The second kappa shape index (κ2) is 4.37. The molecule has 0 bridgehead atoms. The van der Waals surface area contributed by atoms with E-state index < -0.39 is 5.97 Å². The van der Waals surface area contributed by atoms with Gasteiger partial charge in [-0.05, 0) is 24.6 Å². The number of imidazole rings is 1. The highest BCUT2D eigenvalue weighted by molar-refractivity contribution is 5.85. The van der Waals surface area contributed by atoms with Gasteiger partial charge in [0, 0.05) is 0 Å².